The number of carbonyl (C=O) groups excluding carboxylic acids is 1. The van der Waals surface area contributed by atoms with Gasteiger partial charge in [-0.25, -0.2) is 0 Å². The molecule has 0 spiro atoms. The first kappa shape index (κ1) is 15.8. The van der Waals surface area contributed by atoms with Crippen molar-refractivity contribution in [3.8, 4) is 11.5 Å². The van der Waals surface area contributed by atoms with Gasteiger partial charge in [-0.05, 0) is 18.6 Å². The monoisotopic (exact) mass is 282 g/mol. The molecule has 0 saturated heterocycles. The second kappa shape index (κ2) is 7.34. The summed E-state index contributed by atoms with van der Waals surface area (Å²) in [5, 5.41) is 11.1. The Morgan fingerprint density at radius 2 is 1.95 bits per heavy atom. The number of hydrogen-bond donors (Lipinski definition) is 3. The van der Waals surface area contributed by atoms with Crippen LogP contribution in [0.5, 0.6) is 11.5 Å². The van der Waals surface area contributed by atoms with Crippen molar-refractivity contribution in [2.45, 2.75) is 18.9 Å². The van der Waals surface area contributed by atoms with Crippen molar-refractivity contribution in [2.24, 2.45) is 5.73 Å². The van der Waals surface area contributed by atoms with Crippen LogP contribution >= 0.6 is 0 Å². The van der Waals surface area contributed by atoms with Crippen LogP contribution < -0.4 is 20.5 Å². The SMILES string of the molecule is COc1ccc(NC(=O)C(N)CCC(=O)O)cc1OC. The van der Waals surface area contributed by atoms with Crippen LogP contribution in [0.25, 0.3) is 0 Å². The average molecular weight is 282 g/mol. The Hall–Kier alpha value is -2.28. The Morgan fingerprint density at radius 1 is 1.30 bits per heavy atom. The summed E-state index contributed by atoms with van der Waals surface area (Å²) in [6.07, 6.45) is -0.0744. The van der Waals surface area contributed by atoms with Crippen LogP contribution in [-0.4, -0.2) is 37.2 Å². The third kappa shape index (κ3) is 4.43. The van der Waals surface area contributed by atoms with E-state index in [4.69, 9.17) is 20.3 Å². The molecule has 4 N–H and O–H groups in total. The number of aliphatic carboxylic acids is 1. The number of methoxy groups -OCH3 is 2. The number of anilines is 1. The summed E-state index contributed by atoms with van der Waals surface area (Å²) in [5.74, 6) is -0.414. The molecule has 1 unspecified atom stereocenters. The van der Waals surface area contributed by atoms with E-state index in [2.05, 4.69) is 5.32 Å². The molecule has 0 fully saturated rings. The largest absolute Gasteiger partial charge is 0.493 e. The number of ether oxygens (including phenoxy) is 2. The third-order valence-corrected chi connectivity index (χ3v) is 2.66. The molecule has 1 aromatic rings. The topological polar surface area (TPSA) is 111 Å². The third-order valence-electron chi connectivity index (χ3n) is 2.66. The van der Waals surface area contributed by atoms with Crippen molar-refractivity contribution in [2.75, 3.05) is 19.5 Å². The number of amides is 1. The molecule has 1 amide bonds. The van der Waals surface area contributed by atoms with Crippen molar-refractivity contribution < 1.29 is 24.2 Å². The van der Waals surface area contributed by atoms with Gasteiger partial charge in [0.25, 0.3) is 0 Å². The molecule has 0 aliphatic heterocycles. The van der Waals surface area contributed by atoms with Gasteiger partial charge in [0.2, 0.25) is 5.91 Å². The van der Waals surface area contributed by atoms with Gasteiger partial charge in [0, 0.05) is 18.2 Å². The molecule has 20 heavy (non-hydrogen) atoms. The van der Waals surface area contributed by atoms with Gasteiger partial charge in [-0.1, -0.05) is 0 Å². The first-order valence-electron chi connectivity index (χ1n) is 5.98. The summed E-state index contributed by atoms with van der Waals surface area (Å²) in [4.78, 5) is 22.2. The van der Waals surface area contributed by atoms with Crippen molar-refractivity contribution >= 4 is 17.6 Å². The quantitative estimate of drug-likeness (QED) is 0.683. The lowest BCUT2D eigenvalue weighted by Crippen LogP contribution is -2.36. The molecule has 7 nitrogen and oxygen atoms in total. The molecule has 0 radical (unpaired) electrons. The number of carboxylic acid groups (broad SMARTS) is 1. The maximum Gasteiger partial charge on any atom is 0.303 e. The summed E-state index contributed by atoms with van der Waals surface area (Å²) in [6.45, 7) is 0. The molecular formula is C13H18N2O5. The Bertz CT molecular complexity index is 490. The van der Waals surface area contributed by atoms with Gasteiger partial charge in [-0.3, -0.25) is 9.59 Å². The number of nitrogens with one attached hydrogen (secondary N) is 1. The summed E-state index contributed by atoms with van der Waals surface area (Å²) < 4.78 is 10.2. The predicted octanol–water partition coefficient (Wildman–Crippen LogP) is 0.834. The molecule has 1 aromatic carbocycles. The van der Waals surface area contributed by atoms with Crippen molar-refractivity contribution in [3.63, 3.8) is 0 Å². The Labute approximate surface area is 116 Å². The molecule has 0 bridgehead atoms. The highest BCUT2D eigenvalue weighted by Gasteiger charge is 2.15. The van der Waals surface area contributed by atoms with Gasteiger partial charge in [0.05, 0.1) is 20.3 Å². The van der Waals surface area contributed by atoms with Crippen LogP contribution in [0, 0.1) is 0 Å². The first-order chi connectivity index (χ1) is 9.47. The highest BCUT2D eigenvalue weighted by atomic mass is 16.5. The summed E-state index contributed by atoms with van der Waals surface area (Å²) in [7, 11) is 3.00. The van der Waals surface area contributed by atoms with Crippen LogP contribution in [0.2, 0.25) is 0 Å². The lowest BCUT2D eigenvalue weighted by molar-refractivity contribution is -0.137. The van der Waals surface area contributed by atoms with Gasteiger partial charge in [0.1, 0.15) is 0 Å². The fraction of sp³-hybridized carbons (Fsp3) is 0.385. The molecule has 0 heterocycles. The molecule has 7 heteroatoms. The summed E-state index contributed by atoms with van der Waals surface area (Å²) in [6, 6.07) is 4.01. The van der Waals surface area contributed by atoms with E-state index in [0.717, 1.165) is 0 Å². The minimum absolute atomic E-state index is 0.0778. The van der Waals surface area contributed by atoms with Crippen molar-refractivity contribution in [1.82, 2.24) is 0 Å². The molecule has 0 aliphatic rings. The number of rotatable bonds is 7. The van der Waals surface area contributed by atoms with E-state index < -0.39 is 17.9 Å². The summed E-state index contributed by atoms with van der Waals surface area (Å²) in [5.41, 5.74) is 6.11. The smallest absolute Gasteiger partial charge is 0.303 e. The minimum Gasteiger partial charge on any atom is -0.493 e. The second-order valence-corrected chi connectivity index (χ2v) is 4.10. The van der Waals surface area contributed by atoms with Crippen LogP contribution in [-0.2, 0) is 9.59 Å². The Balaban J connectivity index is 2.68. The number of benzene rings is 1. The zero-order chi connectivity index (χ0) is 15.1. The molecule has 0 aliphatic carbocycles. The summed E-state index contributed by atoms with van der Waals surface area (Å²) >= 11 is 0. The maximum absolute atomic E-state index is 11.8. The molecule has 0 aromatic heterocycles. The van der Waals surface area contributed by atoms with E-state index in [1.165, 1.54) is 14.2 Å². The molecule has 0 saturated carbocycles. The van der Waals surface area contributed by atoms with Crippen molar-refractivity contribution in [3.05, 3.63) is 18.2 Å². The van der Waals surface area contributed by atoms with Gasteiger partial charge in [0.15, 0.2) is 11.5 Å². The zero-order valence-corrected chi connectivity index (χ0v) is 11.4. The number of nitrogens with two attached hydrogens (primary N) is 1. The highest BCUT2D eigenvalue weighted by Crippen LogP contribution is 2.29. The number of carboxylic acids is 1. The van der Waals surface area contributed by atoms with Gasteiger partial charge in [-0.15, -0.1) is 0 Å². The molecular weight excluding hydrogens is 264 g/mol. The number of hydrogen-bond acceptors (Lipinski definition) is 5. The minimum atomic E-state index is -0.987. The molecule has 110 valence electrons. The van der Waals surface area contributed by atoms with E-state index in [0.29, 0.717) is 17.2 Å². The van der Waals surface area contributed by atoms with Crippen LogP contribution in [0.4, 0.5) is 5.69 Å². The first-order valence-corrected chi connectivity index (χ1v) is 5.98. The van der Waals surface area contributed by atoms with Crippen LogP contribution in [0.3, 0.4) is 0 Å². The molecule has 1 rings (SSSR count). The Kier molecular flexibility index (Phi) is 5.79. The fourth-order valence-electron chi connectivity index (χ4n) is 1.56. The highest BCUT2D eigenvalue weighted by molar-refractivity contribution is 5.95. The van der Waals surface area contributed by atoms with Gasteiger partial charge in [-0.2, -0.15) is 0 Å². The lowest BCUT2D eigenvalue weighted by Gasteiger charge is -2.13. The van der Waals surface area contributed by atoms with Crippen molar-refractivity contribution in [1.29, 1.82) is 0 Å². The average Bonchev–Trinajstić information content (AvgIpc) is 2.44. The van der Waals surface area contributed by atoms with E-state index >= 15 is 0 Å². The normalized spacial score (nSPS) is 11.6. The Morgan fingerprint density at radius 3 is 2.50 bits per heavy atom. The van der Waals surface area contributed by atoms with E-state index in [-0.39, 0.29) is 12.8 Å². The standard InChI is InChI=1S/C13H18N2O5/c1-19-10-5-3-8(7-11(10)20-2)15-13(18)9(14)4-6-12(16)17/h3,5,7,9H,4,6,14H2,1-2H3,(H,15,18)(H,16,17). The molecule has 1 atom stereocenters. The van der Waals surface area contributed by atoms with Crippen LogP contribution in [0.15, 0.2) is 18.2 Å². The number of carbonyl (C=O) groups is 2. The zero-order valence-electron chi connectivity index (χ0n) is 11.4. The predicted molar refractivity (Wildman–Crippen MR) is 73.0 cm³/mol. The van der Waals surface area contributed by atoms with Crippen LogP contribution in [0.1, 0.15) is 12.8 Å². The second-order valence-electron chi connectivity index (χ2n) is 4.10. The van der Waals surface area contributed by atoms with Gasteiger partial charge >= 0.3 is 5.97 Å². The van der Waals surface area contributed by atoms with E-state index in [1.807, 2.05) is 0 Å². The van der Waals surface area contributed by atoms with E-state index in [9.17, 15) is 9.59 Å². The fourth-order valence-corrected chi connectivity index (χ4v) is 1.56. The van der Waals surface area contributed by atoms with E-state index in [1.54, 1.807) is 18.2 Å². The maximum atomic E-state index is 11.8. The van der Waals surface area contributed by atoms with Gasteiger partial charge < -0.3 is 25.6 Å². The lowest BCUT2D eigenvalue weighted by atomic mass is 10.1.